The summed E-state index contributed by atoms with van der Waals surface area (Å²) in [6.07, 6.45) is 4.87. The summed E-state index contributed by atoms with van der Waals surface area (Å²) >= 11 is 0. The highest BCUT2D eigenvalue weighted by Gasteiger charge is 2.41. The molecule has 0 aromatic carbocycles. The molecule has 2 rings (SSSR count). The number of nitrogens with zero attached hydrogens (tertiary/aromatic N) is 1. The third-order valence-electron chi connectivity index (χ3n) is 3.88. The molecule has 1 heterocycles. The maximum absolute atomic E-state index is 12.7. The Morgan fingerprint density at radius 1 is 1.28 bits per heavy atom. The first-order valence-electron chi connectivity index (χ1n) is 7.23. The Morgan fingerprint density at radius 2 is 2.00 bits per heavy atom. The van der Waals surface area contributed by atoms with Crippen molar-refractivity contribution in [2.24, 2.45) is 5.92 Å². The summed E-state index contributed by atoms with van der Waals surface area (Å²) in [7, 11) is -3.09. The molecule has 4 nitrogen and oxygen atoms in total. The molecular formula is C13H26N2O2S. The molecule has 1 aliphatic carbocycles. The number of piperidine rings is 1. The lowest BCUT2D eigenvalue weighted by Crippen LogP contribution is -2.47. The molecule has 18 heavy (non-hydrogen) atoms. The van der Waals surface area contributed by atoms with Gasteiger partial charge >= 0.3 is 0 Å². The summed E-state index contributed by atoms with van der Waals surface area (Å²) in [5.41, 5.74) is 0. The van der Waals surface area contributed by atoms with Crippen LogP contribution in [0.25, 0.3) is 0 Å². The zero-order valence-electron chi connectivity index (χ0n) is 11.6. The molecule has 1 N–H and O–H groups in total. The van der Waals surface area contributed by atoms with E-state index < -0.39 is 10.0 Å². The third kappa shape index (κ3) is 3.45. The highest BCUT2D eigenvalue weighted by Crippen LogP contribution is 2.32. The van der Waals surface area contributed by atoms with Crippen LogP contribution in [0.1, 0.15) is 46.0 Å². The Morgan fingerprint density at radius 3 is 2.50 bits per heavy atom. The molecule has 1 atom stereocenters. The molecule has 0 bridgehead atoms. The molecule has 0 amide bonds. The van der Waals surface area contributed by atoms with Crippen LogP contribution in [0.5, 0.6) is 0 Å². The molecule has 0 radical (unpaired) electrons. The van der Waals surface area contributed by atoms with Crippen LogP contribution in [0.15, 0.2) is 0 Å². The van der Waals surface area contributed by atoms with E-state index in [1.54, 1.807) is 0 Å². The number of hydrogen-bond donors (Lipinski definition) is 1. The second-order valence-electron chi connectivity index (χ2n) is 6.04. The van der Waals surface area contributed by atoms with Crippen molar-refractivity contribution in [2.75, 3.05) is 19.6 Å². The summed E-state index contributed by atoms with van der Waals surface area (Å²) in [5.74, 6) is 0.561. The first kappa shape index (κ1) is 14.3. The zero-order chi connectivity index (χ0) is 13.2. The van der Waals surface area contributed by atoms with E-state index >= 15 is 0 Å². The predicted molar refractivity (Wildman–Crippen MR) is 74.0 cm³/mol. The smallest absolute Gasteiger partial charge is 0.218 e. The SMILES string of the molecule is CC(C)CCN(C1CC1)S(=O)(=O)C1CCCNC1. The Kier molecular flexibility index (Phi) is 4.67. The Hall–Kier alpha value is -0.130. The van der Waals surface area contributed by atoms with E-state index in [0.29, 0.717) is 25.0 Å². The minimum atomic E-state index is -3.09. The topological polar surface area (TPSA) is 49.4 Å². The first-order valence-corrected chi connectivity index (χ1v) is 8.73. The summed E-state index contributed by atoms with van der Waals surface area (Å²) in [5, 5.41) is 3.02. The maximum Gasteiger partial charge on any atom is 0.218 e. The van der Waals surface area contributed by atoms with Crippen molar-refractivity contribution in [3.8, 4) is 0 Å². The van der Waals surface area contributed by atoms with Gasteiger partial charge in [-0.3, -0.25) is 0 Å². The van der Waals surface area contributed by atoms with Crippen molar-refractivity contribution < 1.29 is 8.42 Å². The van der Waals surface area contributed by atoms with E-state index in [4.69, 9.17) is 0 Å². The molecule has 0 aromatic heterocycles. The number of sulfonamides is 1. The predicted octanol–water partition coefficient (Wildman–Crippen LogP) is 1.58. The van der Waals surface area contributed by atoms with Crippen molar-refractivity contribution in [3.63, 3.8) is 0 Å². The number of rotatable bonds is 6. The van der Waals surface area contributed by atoms with Crippen molar-refractivity contribution >= 4 is 10.0 Å². The van der Waals surface area contributed by atoms with Crippen LogP contribution in [0.2, 0.25) is 0 Å². The van der Waals surface area contributed by atoms with Gasteiger partial charge in [0.2, 0.25) is 10.0 Å². The Labute approximate surface area is 111 Å². The molecule has 106 valence electrons. The van der Waals surface area contributed by atoms with E-state index in [2.05, 4.69) is 19.2 Å². The van der Waals surface area contributed by atoms with Gasteiger partial charge in [-0.2, -0.15) is 4.31 Å². The van der Waals surface area contributed by atoms with Gasteiger partial charge in [-0.25, -0.2) is 8.42 Å². The van der Waals surface area contributed by atoms with Crippen LogP contribution in [0.3, 0.4) is 0 Å². The minimum absolute atomic E-state index is 0.195. The van der Waals surface area contributed by atoms with Crippen LogP contribution in [0.4, 0.5) is 0 Å². The molecule has 1 saturated carbocycles. The maximum atomic E-state index is 12.7. The van der Waals surface area contributed by atoms with E-state index in [1.807, 2.05) is 4.31 Å². The average molecular weight is 274 g/mol. The second-order valence-corrected chi connectivity index (χ2v) is 8.20. The minimum Gasteiger partial charge on any atom is -0.315 e. The van der Waals surface area contributed by atoms with Gasteiger partial charge in [-0.15, -0.1) is 0 Å². The van der Waals surface area contributed by atoms with Crippen molar-refractivity contribution in [1.29, 1.82) is 0 Å². The molecule has 2 aliphatic rings. The molecule has 2 fully saturated rings. The second kappa shape index (κ2) is 5.88. The van der Waals surface area contributed by atoms with Gasteiger partial charge in [-0.05, 0) is 44.6 Å². The van der Waals surface area contributed by atoms with Gasteiger partial charge in [-0.1, -0.05) is 13.8 Å². The van der Waals surface area contributed by atoms with E-state index in [9.17, 15) is 8.42 Å². The molecule has 0 aromatic rings. The summed E-state index contributed by atoms with van der Waals surface area (Å²) in [6, 6.07) is 0.302. The normalized spacial score (nSPS) is 25.9. The quantitative estimate of drug-likeness (QED) is 0.800. The van der Waals surface area contributed by atoms with Crippen molar-refractivity contribution in [1.82, 2.24) is 9.62 Å². The highest BCUT2D eigenvalue weighted by molar-refractivity contribution is 7.89. The Bertz CT molecular complexity index is 357. The molecule has 1 aliphatic heterocycles. The van der Waals surface area contributed by atoms with Gasteiger partial charge in [0.15, 0.2) is 0 Å². The van der Waals surface area contributed by atoms with Crippen molar-refractivity contribution in [2.45, 2.75) is 57.2 Å². The van der Waals surface area contributed by atoms with Gasteiger partial charge in [0.25, 0.3) is 0 Å². The standard InChI is InChI=1S/C13H26N2O2S/c1-11(2)7-9-15(12-5-6-12)18(16,17)13-4-3-8-14-10-13/h11-14H,3-10H2,1-2H3. The van der Waals surface area contributed by atoms with Gasteiger partial charge in [0, 0.05) is 19.1 Å². The largest absolute Gasteiger partial charge is 0.315 e. The van der Waals surface area contributed by atoms with Gasteiger partial charge < -0.3 is 5.32 Å². The molecule has 5 heteroatoms. The third-order valence-corrected chi connectivity index (χ3v) is 6.26. The lowest BCUT2D eigenvalue weighted by molar-refractivity contribution is 0.360. The van der Waals surface area contributed by atoms with Crippen LogP contribution in [-0.2, 0) is 10.0 Å². The summed E-state index contributed by atoms with van der Waals surface area (Å²) in [4.78, 5) is 0. The van der Waals surface area contributed by atoms with Crippen LogP contribution in [-0.4, -0.2) is 43.6 Å². The number of nitrogens with one attached hydrogen (secondary N) is 1. The fourth-order valence-corrected chi connectivity index (χ4v) is 4.69. The van der Waals surface area contributed by atoms with Crippen LogP contribution >= 0.6 is 0 Å². The molecule has 1 saturated heterocycles. The average Bonchev–Trinajstić information content (AvgIpc) is 3.14. The van der Waals surface area contributed by atoms with Gasteiger partial charge in [0.05, 0.1) is 5.25 Å². The van der Waals surface area contributed by atoms with Crippen LogP contribution in [0, 0.1) is 5.92 Å². The monoisotopic (exact) mass is 274 g/mol. The first-order chi connectivity index (χ1) is 8.51. The van der Waals surface area contributed by atoms with E-state index in [1.165, 1.54) is 0 Å². The Balaban J connectivity index is 2.03. The zero-order valence-corrected chi connectivity index (χ0v) is 12.4. The lowest BCUT2D eigenvalue weighted by atomic mass is 10.1. The molecule has 0 spiro atoms. The summed E-state index contributed by atoms with van der Waals surface area (Å²) < 4.78 is 27.1. The lowest BCUT2D eigenvalue weighted by Gasteiger charge is -2.30. The number of hydrogen-bond acceptors (Lipinski definition) is 3. The summed E-state index contributed by atoms with van der Waals surface area (Å²) in [6.45, 7) is 6.61. The fraction of sp³-hybridized carbons (Fsp3) is 1.00. The molecule has 1 unspecified atom stereocenters. The van der Waals surface area contributed by atoms with Crippen LogP contribution < -0.4 is 5.32 Å². The van der Waals surface area contributed by atoms with E-state index in [0.717, 1.165) is 38.6 Å². The van der Waals surface area contributed by atoms with Gasteiger partial charge in [0.1, 0.15) is 0 Å². The highest BCUT2D eigenvalue weighted by atomic mass is 32.2. The van der Waals surface area contributed by atoms with Crippen molar-refractivity contribution in [3.05, 3.63) is 0 Å². The van der Waals surface area contributed by atoms with E-state index in [-0.39, 0.29) is 5.25 Å². The fourth-order valence-electron chi connectivity index (χ4n) is 2.53. The molecular weight excluding hydrogens is 248 g/mol.